The molecule has 2 nitrogen and oxygen atoms in total. The van der Waals surface area contributed by atoms with Gasteiger partial charge in [0.15, 0.2) is 0 Å². The van der Waals surface area contributed by atoms with Gasteiger partial charge in [0.05, 0.1) is 20.6 Å². The molecule has 3 heteroatoms. The second kappa shape index (κ2) is 5.49. The zero-order valence-corrected chi connectivity index (χ0v) is 9.94. The summed E-state index contributed by atoms with van der Waals surface area (Å²) in [6.07, 6.45) is 0. The Kier molecular flexibility index (Phi) is 6.58. The molecule has 0 amide bonds. The number of quaternary nitrogens is 1. The fraction of sp³-hybridized carbons (Fsp3) is 0.667. The van der Waals surface area contributed by atoms with Crippen molar-refractivity contribution in [1.82, 2.24) is 0 Å². The maximum absolute atomic E-state index is 11.2. The first-order chi connectivity index (χ1) is 4.89. The van der Waals surface area contributed by atoms with Gasteiger partial charge in [-0.15, -0.1) is 0 Å². The molecule has 0 aromatic carbocycles. The van der Waals surface area contributed by atoms with Gasteiger partial charge in [-0.2, -0.15) is 0 Å². The van der Waals surface area contributed by atoms with Crippen LogP contribution in [0.2, 0.25) is 0 Å². The minimum atomic E-state index is 0. The Morgan fingerprint density at radius 1 is 1.42 bits per heavy atom. The fourth-order valence-corrected chi connectivity index (χ4v) is 0.636. The smallest absolute Gasteiger partial charge is 0.212 e. The van der Waals surface area contributed by atoms with Gasteiger partial charge in [-0.05, 0) is 19.4 Å². The molecule has 0 N–H and O–H groups in total. The second-order valence-electron chi connectivity index (χ2n) is 3.61. The van der Waals surface area contributed by atoms with Crippen molar-refractivity contribution in [3.05, 3.63) is 12.2 Å². The SMILES string of the molecule is C=C(C)C(=O)C[N+](C)(C)CC.[Br-]. The monoisotopic (exact) mass is 235 g/mol. The summed E-state index contributed by atoms with van der Waals surface area (Å²) in [5.74, 6) is 0.164. The van der Waals surface area contributed by atoms with Gasteiger partial charge in [-0.1, -0.05) is 6.58 Å². The molecular formula is C9H18BrNO. The molecule has 0 saturated heterocycles. The Hall–Kier alpha value is -0.150. The van der Waals surface area contributed by atoms with Crippen molar-refractivity contribution >= 4 is 5.78 Å². The van der Waals surface area contributed by atoms with Gasteiger partial charge in [0, 0.05) is 0 Å². The predicted molar refractivity (Wildman–Crippen MR) is 47.3 cm³/mol. The molecule has 72 valence electrons. The van der Waals surface area contributed by atoms with Crippen LogP contribution in [0.4, 0.5) is 0 Å². The molecule has 12 heavy (non-hydrogen) atoms. The van der Waals surface area contributed by atoms with Crippen LogP contribution in [0.3, 0.4) is 0 Å². The van der Waals surface area contributed by atoms with Crippen molar-refractivity contribution in [3.8, 4) is 0 Å². The van der Waals surface area contributed by atoms with E-state index in [4.69, 9.17) is 0 Å². The van der Waals surface area contributed by atoms with Gasteiger partial charge in [0.1, 0.15) is 6.54 Å². The van der Waals surface area contributed by atoms with Crippen LogP contribution < -0.4 is 17.0 Å². The fourth-order valence-electron chi connectivity index (χ4n) is 0.636. The standard InChI is InChI=1S/C9H18NO.BrH/c1-6-10(4,5)7-9(11)8(2)3;/h2,6-7H2,1,3-5H3;1H/q+1;/p-1. The van der Waals surface area contributed by atoms with Crippen LogP contribution in [0.25, 0.3) is 0 Å². The van der Waals surface area contributed by atoms with E-state index in [9.17, 15) is 4.79 Å². The molecule has 0 rings (SSSR count). The molecule has 0 fully saturated rings. The molecular weight excluding hydrogens is 218 g/mol. The Balaban J connectivity index is 0. The van der Waals surface area contributed by atoms with Crippen molar-refractivity contribution in [2.24, 2.45) is 0 Å². The lowest BCUT2D eigenvalue weighted by atomic mass is 10.2. The summed E-state index contributed by atoms with van der Waals surface area (Å²) in [7, 11) is 4.08. The average molecular weight is 236 g/mol. The molecule has 0 aliphatic rings. The quantitative estimate of drug-likeness (QED) is 0.417. The topological polar surface area (TPSA) is 17.1 Å². The highest BCUT2D eigenvalue weighted by atomic mass is 79.9. The highest BCUT2D eigenvalue weighted by Gasteiger charge is 2.17. The number of hydrogen-bond acceptors (Lipinski definition) is 1. The van der Waals surface area contributed by atoms with E-state index in [0.717, 1.165) is 11.0 Å². The largest absolute Gasteiger partial charge is 1.00 e. The first-order valence-electron chi connectivity index (χ1n) is 3.90. The third-order valence-electron chi connectivity index (χ3n) is 1.90. The number of carbonyl (C=O) groups excluding carboxylic acids is 1. The summed E-state index contributed by atoms with van der Waals surface area (Å²) in [6.45, 7) is 8.98. The van der Waals surface area contributed by atoms with E-state index in [1.807, 2.05) is 14.1 Å². The number of halogens is 1. The third kappa shape index (κ3) is 5.49. The Morgan fingerprint density at radius 2 is 1.83 bits per heavy atom. The van der Waals surface area contributed by atoms with Crippen LogP contribution >= 0.6 is 0 Å². The van der Waals surface area contributed by atoms with Gasteiger partial charge in [0.2, 0.25) is 5.78 Å². The van der Waals surface area contributed by atoms with E-state index in [0.29, 0.717) is 12.1 Å². The third-order valence-corrected chi connectivity index (χ3v) is 1.90. The number of rotatable bonds is 4. The van der Waals surface area contributed by atoms with Crippen LogP contribution in [0, 0.1) is 0 Å². The van der Waals surface area contributed by atoms with Gasteiger partial charge >= 0.3 is 0 Å². The molecule has 0 aromatic heterocycles. The average Bonchev–Trinajstić information content (AvgIpc) is 1.87. The highest BCUT2D eigenvalue weighted by Crippen LogP contribution is 1.99. The number of Topliss-reactive ketones (excluding diaryl/α,β-unsaturated/α-hetero) is 1. The van der Waals surface area contributed by atoms with Crippen LogP contribution in [-0.2, 0) is 4.79 Å². The second-order valence-corrected chi connectivity index (χ2v) is 3.61. The summed E-state index contributed by atoms with van der Waals surface area (Å²) in [5, 5.41) is 0. The van der Waals surface area contributed by atoms with E-state index in [-0.39, 0.29) is 22.8 Å². The van der Waals surface area contributed by atoms with Gasteiger partial charge in [-0.3, -0.25) is 4.79 Å². The maximum atomic E-state index is 11.2. The van der Waals surface area contributed by atoms with Crippen molar-refractivity contribution < 1.29 is 26.3 Å². The Morgan fingerprint density at radius 3 is 2.08 bits per heavy atom. The molecule has 0 atom stereocenters. The zero-order chi connectivity index (χ0) is 9.07. The summed E-state index contributed by atoms with van der Waals surface area (Å²) in [5.41, 5.74) is 0.657. The zero-order valence-electron chi connectivity index (χ0n) is 8.35. The molecule has 0 spiro atoms. The van der Waals surface area contributed by atoms with Crippen LogP contribution in [0.1, 0.15) is 13.8 Å². The van der Waals surface area contributed by atoms with Crippen LogP contribution in [-0.4, -0.2) is 37.5 Å². The maximum Gasteiger partial charge on any atom is 0.212 e. The lowest BCUT2D eigenvalue weighted by molar-refractivity contribution is -0.880. The van der Waals surface area contributed by atoms with Crippen LogP contribution in [0.5, 0.6) is 0 Å². The lowest BCUT2D eigenvalue weighted by Gasteiger charge is -2.27. The number of likely N-dealkylation sites (N-methyl/N-ethyl adjacent to an activating group) is 1. The van der Waals surface area contributed by atoms with Gasteiger partial charge < -0.3 is 21.5 Å². The van der Waals surface area contributed by atoms with E-state index >= 15 is 0 Å². The Labute approximate surface area is 85.6 Å². The van der Waals surface area contributed by atoms with E-state index in [1.54, 1.807) is 6.92 Å². The number of hydrogen-bond donors (Lipinski definition) is 0. The van der Waals surface area contributed by atoms with Crippen LogP contribution in [0.15, 0.2) is 12.2 Å². The molecule has 0 radical (unpaired) electrons. The number of nitrogens with zero attached hydrogens (tertiary/aromatic N) is 1. The lowest BCUT2D eigenvalue weighted by Crippen LogP contribution is -3.00. The molecule has 0 bridgehead atoms. The summed E-state index contributed by atoms with van der Waals surface area (Å²) in [4.78, 5) is 11.2. The number of carbonyl (C=O) groups is 1. The highest BCUT2D eigenvalue weighted by molar-refractivity contribution is 5.95. The molecule has 0 saturated carbocycles. The van der Waals surface area contributed by atoms with Gasteiger partial charge in [-0.25, -0.2) is 0 Å². The minimum absolute atomic E-state index is 0. The van der Waals surface area contributed by atoms with E-state index in [2.05, 4.69) is 13.5 Å². The first-order valence-corrected chi connectivity index (χ1v) is 3.90. The molecule has 0 heterocycles. The first kappa shape index (κ1) is 14.4. The van der Waals surface area contributed by atoms with E-state index in [1.165, 1.54) is 0 Å². The van der Waals surface area contributed by atoms with E-state index < -0.39 is 0 Å². The predicted octanol–water partition coefficient (Wildman–Crippen LogP) is -1.77. The molecule has 0 aliphatic heterocycles. The molecule has 0 unspecified atom stereocenters. The normalized spacial score (nSPS) is 10.3. The summed E-state index contributed by atoms with van der Waals surface area (Å²) >= 11 is 0. The van der Waals surface area contributed by atoms with Crippen molar-refractivity contribution in [3.63, 3.8) is 0 Å². The number of ketones is 1. The summed E-state index contributed by atoms with van der Waals surface area (Å²) < 4.78 is 0.742. The van der Waals surface area contributed by atoms with Gasteiger partial charge in [0.25, 0.3) is 0 Å². The molecule has 0 aromatic rings. The summed E-state index contributed by atoms with van der Waals surface area (Å²) in [6, 6.07) is 0. The van der Waals surface area contributed by atoms with Crippen molar-refractivity contribution in [1.29, 1.82) is 0 Å². The Bertz CT molecular complexity index is 175. The van der Waals surface area contributed by atoms with Crippen molar-refractivity contribution in [2.45, 2.75) is 13.8 Å². The minimum Gasteiger partial charge on any atom is -1.00 e. The van der Waals surface area contributed by atoms with Crippen molar-refractivity contribution in [2.75, 3.05) is 27.2 Å². The molecule has 0 aliphatic carbocycles.